The fourth-order valence-corrected chi connectivity index (χ4v) is 4.25. The lowest BCUT2D eigenvalue weighted by Gasteiger charge is -2.11. The van der Waals surface area contributed by atoms with E-state index < -0.39 is 6.10 Å². The Hall–Kier alpha value is -2.68. The van der Waals surface area contributed by atoms with Crippen molar-refractivity contribution in [3.05, 3.63) is 69.6 Å². The lowest BCUT2D eigenvalue weighted by molar-refractivity contribution is 0.104. The summed E-state index contributed by atoms with van der Waals surface area (Å²) < 4.78 is 0. The fraction of sp³-hybridized carbons (Fsp3) is 0.158. The summed E-state index contributed by atoms with van der Waals surface area (Å²) in [5.41, 5.74) is 1.46. The van der Waals surface area contributed by atoms with Crippen molar-refractivity contribution in [2.75, 3.05) is 11.9 Å². The van der Waals surface area contributed by atoms with E-state index >= 15 is 0 Å². The Kier molecular flexibility index (Phi) is 5.19. The molecule has 2 N–H and O–H groups in total. The molecule has 1 aromatic carbocycles. The van der Waals surface area contributed by atoms with E-state index in [4.69, 9.17) is 0 Å². The van der Waals surface area contributed by atoms with E-state index in [0.29, 0.717) is 39.0 Å². The lowest BCUT2D eigenvalue weighted by Crippen LogP contribution is -2.09. The van der Waals surface area contributed by atoms with Gasteiger partial charge in [-0.3, -0.25) is 4.79 Å². The van der Waals surface area contributed by atoms with Gasteiger partial charge in [0.25, 0.3) is 0 Å². The Morgan fingerprint density at radius 1 is 1.15 bits per heavy atom. The van der Waals surface area contributed by atoms with Crippen LogP contribution in [0.4, 0.5) is 5.82 Å². The van der Waals surface area contributed by atoms with Crippen LogP contribution in [0, 0.1) is 0 Å². The Balaban J connectivity index is 1.48. The molecule has 1 unspecified atom stereocenters. The Morgan fingerprint density at radius 2 is 2.00 bits per heavy atom. The summed E-state index contributed by atoms with van der Waals surface area (Å²) in [6, 6.07) is 13.2. The molecule has 0 radical (unpaired) electrons. The fourth-order valence-electron chi connectivity index (χ4n) is 2.66. The number of aliphatic hydroxyl groups excluding tert-OH is 1. The molecule has 1 atom stereocenters. The number of carbonyl (C=O) groups is 1. The van der Waals surface area contributed by atoms with Crippen molar-refractivity contribution in [3.63, 3.8) is 0 Å². The van der Waals surface area contributed by atoms with E-state index in [1.54, 1.807) is 6.07 Å². The van der Waals surface area contributed by atoms with Crippen LogP contribution in [-0.4, -0.2) is 32.4 Å². The quantitative estimate of drug-likeness (QED) is 0.461. The number of hydrogen-bond donors (Lipinski definition) is 2. The minimum Gasteiger partial charge on any atom is -0.388 e. The number of ketones is 1. The van der Waals surface area contributed by atoms with Crippen LogP contribution in [0.15, 0.2) is 54.2 Å². The topological polar surface area (TPSA) is 88.0 Å². The standard InChI is InChI=1S/C19H16N4O2S2/c24-13(12-5-2-1-3-6-12)8-9-20-17-15-18(22-11-21-17)27-19(23-15)16(25)14-7-4-10-26-14/h1-7,10-11,13,24H,8-9H2,(H,20,21,22). The van der Waals surface area contributed by atoms with Gasteiger partial charge in [-0.25, -0.2) is 15.0 Å². The van der Waals surface area contributed by atoms with Gasteiger partial charge in [0.05, 0.1) is 11.0 Å². The van der Waals surface area contributed by atoms with Crippen LogP contribution in [-0.2, 0) is 0 Å². The SMILES string of the molecule is O=C(c1cccs1)c1nc2c(NCCC(O)c3ccccc3)ncnc2s1. The molecule has 3 aromatic heterocycles. The maximum Gasteiger partial charge on any atom is 0.231 e. The smallest absolute Gasteiger partial charge is 0.231 e. The van der Waals surface area contributed by atoms with Crippen molar-refractivity contribution < 1.29 is 9.90 Å². The van der Waals surface area contributed by atoms with Crippen LogP contribution in [0.3, 0.4) is 0 Å². The molecule has 6 nitrogen and oxygen atoms in total. The summed E-state index contributed by atoms with van der Waals surface area (Å²) in [5.74, 6) is 0.472. The van der Waals surface area contributed by atoms with Gasteiger partial charge >= 0.3 is 0 Å². The Bertz CT molecular complexity index is 1050. The summed E-state index contributed by atoms with van der Waals surface area (Å²) in [6.45, 7) is 0.522. The van der Waals surface area contributed by atoms with Gasteiger partial charge in [0.1, 0.15) is 16.7 Å². The van der Waals surface area contributed by atoms with Crippen molar-refractivity contribution in [2.45, 2.75) is 12.5 Å². The number of nitrogens with zero attached hydrogens (tertiary/aromatic N) is 3. The zero-order valence-electron chi connectivity index (χ0n) is 14.2. The first-order valence-electron chi connectivity index (χ1n) is 8.39. The summed E-state index contributed by atoms with van der Waals surface area (Å²) in [6.07, 6.45) is 1.43. The van der Waals surface area contributed by atoms with Gasteiger partial charge in [0.2, 0.25) is 5.78 Å². The molecule has 136 valence electrons. The van der Waals surface area contributed by atoms with Crippen LogP contribution in [0.2, 0.25) is 0 Å². The highest BCUT2D eigenvalue weighted by Crippen LogP contribution is 2.27. The average molecular weight is 396 g/mol. The van der Waals surface area contributed by atoms with E-state index in [1.165, 1.54) is 29.0 Å². The highest BCUT2D eigenvalue weighted by atomic mass is 32.1. The molecule has 0 bridgehead atoms. The molecular weight excluding hydrogens is 380 g/mol. The molecule has 4 aromatic rings. The van der Waals surface area contributed by atoms with Crippen molar-refractivity contribution in [1.82, 2.24) is 15.0 Å². The zero-order chi connectivity index (χ0) is 18.6. The number of rotatable bonds is 7. The Morgan fingerprint density at radius 3 is 2.78 bits per heavy atom. The maximum atomic E-state index is 12.5. The third kappa shape index (κ3) is 3.87. The molecule has 27 heavy (non-hydrogen) atoms. The van der Waals surface area contributed by atoms with Gasteiger partial charge in [0.15, 0.2) is 10.8 Å². The number of aromatic nitrogens is 3. The van der Waals surface area contributed by atoms with E-state index in [0.717, 1.165) is 5.56 Å². The number of fused-ring (bicyclic) bond motifs is 1. The molecule has 8 heteroatoms. The molecule has 0 saturated carbocycles. The van der Waals surface area contributed by atoms with Gasteiger partial charge in [-0.05, 0) is 23.4 Å². The van der Waals surface area contributed by atoms with Gasteiger partial charge in [-0.2, -0.15) is 0 Å². The number of anilines is 1. The predicted molar refractivity (Wildman–Crippen MR) is 107 cm³/mol. The van der Waals surface area contributed by atoms with Crippen LogP contribution in [0.5, 0.6) is 0 Å². The molecule has 0 aliphatic heterocycles. The van der Waals surface area contributed by atoms with Gasteiger partial charge in [-0.1, -0.05) is 47.7 Å². The first-order valence-corrected chi connectivity index (χ1v) is 10.1. The summed E-state index contributed by atoms with van der Waals surface area (Å²) in [7, 11) is 0. The third-order valence-electron chi connectivity index (χ3n) is 4.03. The first kappa shape index (κ1) is 17.7. The van der Waals surface area contributed by atoms with Gasteiger partial charge in [0, 0.05) is 6.54 Å². The highest BCUT2D eigenvalue weighted by Gasteiger charge is 2.18. The number of aliphatic hydroxyl groups is 1. The number of benzene rings is 1. The number of nitrogens with one attached hydrogen (secondary N) is 1. The molecule has 0 aliphatic carbocycles. The predicted octanol–water partition coefficient (Wildman–Crippen LogP) is 3.91. The molecule has 3 heterocycles. The minimum absolute atomic E-state index is 0.0987. The number of thiophene rings is 1. The second-order valence-corrected chi connectivity index (χ2v) is 7.77. The second kappa shape index (κ2) is 7.91. The van der Waals surface area contributed by atoms with Crippen LogP contribution >= 0.6 is 22.7 Å². The van der Waals surface area contributed by atoms with Crippen molar-refractivity contribution in [3.8, 4) is 0 Å². The summed E-state index contributed by atoms with van der Waals surface area (Å²) in [5, 5.41) is 15.7. The third-order valence-corrected chi connectivity index (χ3v) is 5.86. The molecule has 0 fully saturated rings. The van der Waals surface area contributed by atoms with Crippen LogP contribution in [0.25, 0.3) is 10.3 Å². The highest BCUT2D eigenvalue weighted by molar-refractivity contribution is 7.21. The minimum atomic E-state index is -0.553. The first-order chi connectivity index (χ1) is 13.2. The molecule has 0 saturated heterocycles. The summed E-state index contributed by atoms with van der Waals surface area (Å²) in [4.78, 5) is 26.7. The van der Waals surface area contributed by atoms with Gasteiger partial charge < -0.3 is 10.4 Å². The van der Waals surface area contributed by atoms with E-state index in [-0.39, 0.29) is 5.78 Å². The summed E-state index contributed by atoms with van der Waals surface area (Å²) >= 11 is 2.65. The van der Waals surface area contributed by atoms with E-state index in [1.807, 2.05) is 41.8 Å². The number of hydrogen-bond acceptors (Lipinski definition) is 8. The second-order valence-electron chi connectivity index (χ2n) is 5.84. The molecule has 0 spiro atoms. The molecular formula is C19H16N4O2S2. The largest absolute Gasteiger partial charge is 0.388 e. The van der Waals surface area contributed by atoms with Crippen LogP contribution < -0.4 is 5.32 Å². The number of carbonyl (C=O) groups excluding carboxylic acids is 1. The normalized spacial score (nSPS) is 12.2. The van der Waals surface area contributed by atoms with Gasteiger partial charge in [-0.15, -0.1) is 11.3 Å². The lowest BCUT2D eigenvalue weighted by atomic mass is 10.1. The van der Waals surface area contributed by atoms with Crippen molar-refractivity contribution >= 4 is 44.6 Å². The van der Waals surface area contributed by atoms with Crippen LogP contribution in [0.1, 0.15) is 32.8 Å². The van der Waals surface area contributed by atoms with E-state index in [2.05, 4.69) is 20.3 Å². The molecule has 0 amide bonds. The molecule has 0 aliphatic rings. The maximum absolute atomic E-state index is 12.5. The zero-order valence-corrected chi connectivity index (χ0v) is 15.8. The number of thiazole rings is 1. The average Bonchev–Trinajstić information content (AvgIpc) is 3.38. The van der Waals surface area contributed by atoms with Crippen molar-refractivity contribution in [2.24, 2.45) is 0 Å². The molecule has 4 rings (SSSR count). The monoisotopic (exact) mass is 396 g/mol. The Labute approximate surface area is 163 Å². The van der Waals surface area contributed by atoms with Crippen molar-refractivity contribution in [1.29, 1.82) is 0 Å². The van der Waals surface area contributed by atoms with E-state index in [9.17, 15) is 9.90 Å².